The molecule has 0 N–H and O–H groups in total. The van der Waals surface area contributed by atoms with Gasteiger partial charge in [-0.15, -0.1) is 0 Å². The lowest BCUT2D eigenvalue weighted by molar-refractivity contribution is 1.29. The molecule has 134 valence electrons. The highest BCUT2D eigenvalue weighted by molar-refractivity contribution is 6.30. The molecular weight excluding hydrogens is 364 g/mol. The molecule has 28 heavy (non-hydrogen) atoms. The second-order valence-electron chi connectivity index (χ2n) is 6.63. The lowest BCUT2D eigenvalue weighted by Crippen LogP contribution is -1.97. The second-order valence-corrected chi connectivity index (χ2v) is 7.07. The Morgan fingerprint density at radius 1 is 0.786 bits per heavy atom. The number of aryl methyl sites for hydroxylation is 1. The molecule has 0 radical (unpaired) electrons. The molecule has 1 heterocycles. The Morgan fingerprint density at radius 3 is 2.07 bits per heavy atom. The van der Waals surface area contributed by atoms with Gasteiger partial charge in [-0.2, -0.15) is 5.26 Å². The highest BCUT2D eigenvalue weighted by Crippen LogP contribution is 2.35. The number of nitrogens with zero attached hydrogens (tertiary/aromatic N) is 2. The minimum absolute atomic E-state index is 0.561. The van der Waals surface area contributed by atoms with Gasteiger partial charge in [0.15, 0.2) is 0 Å². The molecule has 0 atom stereocenters. The Labute approximate surface area is 169 Å². The fourth-order valence-corrected chi connectivity index (χ4v) is 3.32. The van der Waals surface area contributed by atoms with E-state index in [0.29, 0.717) is 16.3 Å². The van der Waals surface area contributed by atoms with Gasteiger partial charge in [0, 0.05) is 21.7 Å². The van der Waals surface area contributed by atoms with Crippen molar-refractivity contribution >= 4 is 11.6 Å². The fourth-order valence-electron chi connectivity index (χ4n) is 3.19. The molecule has 4 rings (SSSR count). The molecule has 0 aliphatic heterocycles. The van der Waals surface area contributed by atoms with Gasteiger partial charge in [0.25, 0.3) is 0 Å². The molecule has 0 bridgehead atoms. The smallest absolute Gasteiger partial charge is 0.102 e. The lowest BCUT2D eigenvalue weighted by atomic mass is 9.94. The van der Waals surface area contributed by atoms with Crippen molar-refractivity contribution in [3.05, 3.63) is 101 Å². The van der Waals surface area contributed by atoms with Crippen LogP contribution in [-0.4, -0.2) is 4.98 Å². The summed E-state index contributed by atoms with van der Waals surface area (Å²) in [5, 5.41) is 10.6. The third-order valence-electron chi connectivity index (χ3n) is 4.68. The standard InChI is InChI=1S/C25H17ClN2/c1-17-7-9-20(10-8-17)25-23(16-27)22(18-11-13-21(26)14-12-18)15-24(28-25)19-5-3-2-4-6-19/h2-15H,1H3. The SMILES string of the molecule is Cc1ccc(-c2nc(-c3ccccc3)cc(-c3ccc(Cl)cc3)c2C#N)cc1. The largest absolute Gasteiger partial charge is 0.246 e. The Morgan fingerprint density at radius 2 is 1.43 bits per heavy atom. The van der Waals surface area contributed by atoms with Crippen LogP contribution in [-0.2, 0) is 0 Å². The van der Waals surface area contributed by atoms with E-state index >= 15 is 0 Å². The van der Waals surface area contributed by atoms with Gasteiger partial charge in [0.2, 0.25) is 0 Å². The van der Waals surface area contributed by atoms with Crippen LogP contribution < -0.4 is 0 Å². The topological polar surface area (TPSA) is 36.7 Å². The second kappa shape index (κ2) is 7.68. The van der Waals surface area contributed by atoms with Crippen molar-refractivity contribution in [2.45, 2.75) is 6.92 Å². The summed E-state index contributed by atoms with van der Waals surface area (Å²) in [6.07, 6.45) is 0. The summed E-state index contributed by atoms with van der Waals surface area (Å²) in [4.78, 5) is 4.87. The first-order chi connectivity index (χ1) is 13.7. The van der Waals surface area contributed by atoms with Crippen LogP contribution in [0.2, 0.25) is 5.02 Å². The normalized spacial score (nSPS) is 10.5. The molecule has 0 spiro atoms. The minimum atomic E-state index is 0.561. The molecule has 0 aliphatic carbocycles. The Bertz CT molecular complexity index is 1090. The van der Waals surface area contributed by atoms with Gasteiger partial charge in [-0.1, -0.05) is 83.9 Å². The van der Waals surface area contributed by atoms with Gasteiger partial charge in [0.1, 0.15) is 6.07 Å². The maximum atomic E-state index is 9.98. The van der Waals surface area contributed by atoms with Gasteiger partial charge in [-0.05, 0) is 30.7 Å². The molecule has 0 fully saturated rings. The third-order valence-corrected chi connectivity index (χ3v) is 4.93. The van der Waals surface area contributed by atoms with Crippen LogP contribution in [0.1, 0.15) is 11.1 Å². The van der Waals surface area contributed by atoms with Crippen molar-refractivity contribution in [1.82, 2.24) is 4.98 Å². The van der Waals surface area contributed by atoms with E-state index in [0.717, 1.165) is 27.9 Å². The summed E-state index contributed by atoms with van der Waals surface area (Å²) >= 11 is 6.06. The van der Waals surface area contributed by atoms with Gasteiger partial charge in [0.05, 0.1) is 17.0 Å². The summed E-state index contributed by atoms with van der Waals surface area (Å²) in [7, 11) is 0. The van der Waals surface area contributed by atoms with Crippen molar-refractivity contribution in [2.75, 3.05) is 0 Å². The summed E-state index contributed by atoms with van der Waals surface area (Å²) < 4.78 is 0. The summed E-state index contributed by atoms with van der Waals surface area (Å²) in [6.45, 7) is 2.04. The van der Waals surface area contributed by atoms with E-state index in [1.54, 1.807) is 0 Å². The minimum Gasteiger partial charge on any atom is -0.246 e. The molecule has 3 aromatic carbocycles. The van der Waals surface area contributed by atoms with E-state index in [1.165, 1.54) is 5.56 Å². The zero-order chi connectivity index (χ0) is 19.5. The van der Waals surface area contributed by atoms with Gasteiger partial charge in [-0.3, -0.25) is 0 Å². The molecule has 3 heteroatoms. The van der Waals surface area contributed by atoms with Crippen LogP contribution in [0.4, 0.5) is 0 Å². The number of hydrogen-bond donors (Lipinski definition) is 0. The number of hydrogen-bond acceptors (Lipinski definition) is 2. The predicted octanol–water partition coefficient (Wildman–Crippen LogP) is 6.92. The van der Waals surface area contributed by atoms with Gasteiger partial charge in [-0.25, -0.2) is 4.98 Å². The van der Waals surface area contributed by atoms with Gasteiger partial charge >= 0.3 is 0 Å². The van der Waals surface area contributed by atoms with Crippen LogP contribution in [0.3, 0.4) is 0 Å². The van der Waals surface area contributed by atoms with Crippen molar-refractivity contribution < 1.29 is 0 Å². The maximum absolute atomic E-state index is 9.98. The van der Waals surface area contributed by atoms with Gasteiger partial charge < -0.3 is 0 Å². The van der Waals surface area contributed by atoms with Crippen molar-refractivity contribution in [3.8, 4) is 39.7 Å². The number of benzene rings is 3. The first kappa shape index (κ1) is 18.0. The van der Waals surface area contributed by atoms with Crippen LogP contribution in [0.5, 0.6) is 0 Å². The maximum Gasteiger partial charge on any atom is 0.102 e. The van der Waals surface area contributed by atoms with E-state index in [1.807, 2.05) is 91.9 Å². The zero-order valence-electron chi connectivity index (χ0n) is 15.4. The van der Waals surface area contributed by atoms with E-state index in [-0.39, 0.29) is 0 Å². The molecule has 0 aliphatic rings. The lowest BCUT2D eigenvalue weighted by Gasteiger charge is -2.13. The molecule has 0 unspecified atom stereocenters. The Balaban J connectivity index is 2.01. The van der Waals surface area contributed by atoms with E-state index < -0.39 is 0 Å². The summed E-state index contributed by atoms with van der Waals surface area (Å²) in [6, 6.07) is 30.0. The Hall–Kier alpha value is -3.41. The Kier molecular flexibility index (Phi) is 4.93. The average molecular weight is 381 g/mol. The number of halogens is 1. The van der Waals surface area contributed by atoms with Crippen LogP contribution in [0, 0.1) is 18.3 Å². The average Bonchev–Trinajstić information content (AvgIpc) is 2.74. The summed E-state index contributed by atoms with van der Waals surface area (Å²) in [5.41, 5.74) is 6.97. The first-order valence-electron chi connectivity index (χ1n) is 8.99. The van der Waals surface area contributed by atoms with Crippen LogP contribution >= 0.6 is 11.6 Å². The van der Waals surface area contributed by atoms with Crippen LogP contribution in [0.25, 0.3) is 33.6 Å². The predicted molar refractivity (Wildman–Crippen MR) is 115 cm³/mol. The number of aromatic nitrogens is 1. The number of rotatable bonds is 3. The summed E-state index contributed by atoms with van der Waals surface area (Å²) in [5.74, 6) is 0. The van der Waals surface area contributed by atoms with Crippen molar-refractivity contribution in [2.24, 2.45) is 0 Å². The third kappa shape index (κ3) is 3.53. The quantitative estimate of drug-likeness (QED) is 0.387. The van der Waals surface area contributed by atoms with E-state index in [9.17, 15) is 5.26 Å². The van der Waals surface area contributed by atoms with Crippen molar-refractivity contribution in [1.29, 1.82) is 5.26 Å². The van der Waals surface area contributed by atoms with Crippen LogP contribution in [0.15, 0.2) is 84.9 Å². The molecule has 4 aromatic rings. The fraction of sp³-hybridized carbons (Fsp3) is 0.0400. The van der Waals surface area contributed by atoms with E-state index in [4.69, 9.17) is 16.6 Å². The molecule has 2 nitrogen and oxygen atoms in total. The number of pyridine rings is 1. The first-order valence-corrected chi connectivity index (χ1v) is 9.37. The molecular formula is C25H17ClN2. The number of nitriles is 1. The molecule has 0 saturated carbocycles. The highest BCUT2D eigenvalue weighted by atomic mass is 35.5. The molecule has 0 amide bonds. The highest BCUT2D eigenvalue weighted by Gasteiger charge is 2.16. The van der Waals surface area contributed by atoms with Crippen molar-refractivity contribution in [3.63, 3.8) is 0 Å². The van der Waals surface area contributed by atoms with E-state index in [2.05, 4.69) is 6.07 Å². The molecule has 1 aromatic heterocycles. The monoisotopic (exact) mass is 380 g/mol. The zero-order valence-corrected chi connectivity index (χ0v) is 16.1. The molecule has 0 saturated heterocycles.